The molecule has 0 saturated carbocycles. The maximum absolute atomic E-state index is 12.6. The zero-order chi connectivity index (χ0) is 21.8. The van der Waals surface area contributed by atoms with Gasteiger partial charge >= 0.3 is 0 Å². The van der Waals surface area contributed by atoms with Crippen LogP contribution < -0.4 is 5.32 Å². The van der Waals surface area contributed by atoms with Gasteiger partial charge < -0.3 is 5.32 Å². The second-order valence-corrected chi connectivity index (χ2v) is 8.93. The summed E-state index contributed by atoms with van der Waals surface area (Å²) in [5.41, 5.74) is 4.96. The van der Waals surface area contributed by atoms with Gasteiger partial charge in [0.25, 0.3) is 0 Å². The summed E-state index contributed by atoms with van der Waals surface area (Å²) < 4.78 is 2.98. The fraction of sp³-hybridized carbons (Fsp3) is 0.125. The molecule has 1 heterocycles. The first-order valence-corrected chi connectivity index (χ1v) is 11.6. The van der Waals surface area contributed by atoms with E-state index in [9.17, 15) is 4.79 Å². The first-order chi connectivity index (χ1) is 15.0. The Bertz CT molecular complexity index is 1210. The van der Waals surface area contributed by atoms with E-state index in [1.54, 1.807) is 0 Å². The number of hydrogen-bond acceptors (Lipinski definition) is 4. The molecule has 0 aliphatic heterocycles. The predicted molar refractivity (Wildman–Crippen MR) is 130 cm³/mol. The number of aromatic nitrogens is 3. The minimum absolute atomic E-state index is 0.0773. The molecule has 0 bridgehead atoms. The van der Waals surface area contributed by atoms with Crippen molar-refractivity contribution >= 4 is 39.3 Å². The van der Waals surface area contributed by atoms with E-state index in [1.165, 1.54) is 11.8 Å². The molecular formula is C24H21BrN4OS. The van der Waals surface area contributed by atoms with Crippen LogP contribution in [0.5, 0.6) is 0 Å². The Morgan fingerprint density at radius 1 is 0.968 bits per heavy atom. The number of rotatable bonds is 6. The summed E-state index contributed by atoms with van der Waals surface area (Å²) in [6.07, 6.45) is 0. The number of para-hydroxylation sites is 1. The zero-order valence-corrected chi connectivity index (χ0v) is 19.6. The third kappa shape index (κ3) is 4.89. The maximum atomic E-state index is 12.6. The minimum Gasteiger partial charge on any atom is -0.325 e. The smallest absolute Gasteiger partial charge is 0.234 e. The van der Waals surface area contributed by atoms with E-state index >= 15 is 0 Å². The number of carbonyl (C=O) groups excluding carboxylic acids is 1. The molecule has 1 aromatic heterocycles. The third-order valence-corrected chi connectivity index (χ3v) is 6.42. The molecule has 0 aliphatic carbocycles. The fourth-order valence-corrected chi connectivity index (χ4v) is 4.18. The SMILES string of the molecule is Cc1cccc(NC(=O)CSc2nnc(-c3ccc(Br)cc3)n2-c2ccccc2)c1C. The quantitative estimate of drug-likeness (QED) is 0.333. The first-order valence-electron chi connectivity index (χ1n) is 9.78. The van der Waals surface area contributed by atoms with Crippen molar-refractivity contribution in [3.8, 4) is 17.1 Å². The van der Waals surface area contributed by atoms with E-state index in [2.05, 4.69) is 31.4 Å². The maximum Gasteiger partial charge on any atom is 0.234 e. The van der Waals surface area contributed by atoms with Crippen molar-refractivity contribution < 1.29 is 4.79 Å². The third-order valence-electron chi connectivity index (χ3n) is 4.96. The first kappa shape index (κ1) is 21.3. The Hall–Kier alpha value is -2.90. The lowest BCUT2D eigenvalue weighted by Crippen LogP contribution is -2.15. The summed E-state index contributed by atoms with van der Waals surface area (Å²) in [5, 5.41) is 12.5. The predicted octanol–water partition coefficient (Wildman–Crippen LogP) is 6.04. The number of halogens is 1. The molecule has 31 heavy (non-hydrogen) atoms. The van der Waals surface area contributed by atoms with E-state index in [-0.39, 0.29) is 11.7 Å². The second-order valence-electron chi connectivity index (χ2n) is 7.07. The molecule has 0 atom stereocenters. The molecule has 1 amide bonds. The van der Waals surface area contributed by atoms with Gasteiger partial charge in [0.2, 0.25) is 5.91 Å². The molecule has 0 radical (unpaired) electrons. The van der Waals surface area contributed by atoms with Crippen molar-refractivity contribution in [2.24, 2.45) is 0 Å². The molecule has 1 N–H and O–H groups in total. The number of nitrogens with one attached hydrogen (secondary N) is 1. The van der Waals surface area contributed by atoms with Crippen LogP contribution in [0.15, 0.2) is 82.4 Å². The Kier molecular flexibility index (Phi) is 6.53. The van der Waals surface area contributed by atoms with Crippen LogP contribution in [0.2, 0.25) is 0 Å². The summed E-state index contributed by atoms with van der Waals surface area (Å²) in [6.45, 7) is 4.04. The summed E-state index contributed by atoms with van der Waals surface area (Å²) in [6, 6.07) is 23.8. The highest BCUT2D eigenvalue weighted by Gasteiger charge is 2.17. The number of amides is 1. The number of anilines is 1. The van der Waals surface area contributed by atoms with Crippen molar-refractivity contribution in [3.63, 3.8) is 0 Å². The number of aryl methyl sites for hydroxylation is 1. The van der Waals surface area contributed by atoms with E-state index in [4.69, 9.17) is 0 Å². The van der Waals surface area contributed by atoms with Gasteiger partial charge in [-0.25, -0.2) is 0 Å². The molecule has 5 nitrogen and oxygen atoms in total. The van der Waals surface area contributed by atoms with Crippen LogP contribution in [0, 0.1) is 13.8 Å². The second kappa shape index (κ2) is 9.49. The standard InChI is InChI=1S/C24H21BrN4OS/c1-16-7-6-10-21(17(16)2)26-22(30)15-31-24-28-27-23(18-11-13-19(25)14-12-18)29(24)20-8-4-3-5-9-20/h3-14H,15H2,1-2H3,(H,26,30). The van der Waals surface area contributed by atoms with Crippen LogP contribution in [-0.4, -0.2) is 26.4 Å². The number of carbonyl (C=O) groups is 1. The summed E-state index contributed by atoms with van der Waals surface area (Å²) in [5.74, 6) is 0.890. The topological polar surface area (TPSA) is 59.8 Å². The summed E-state index contributed by atoms with van der Waals surface area (Å²) in [7, 11) is 0. The summed E-state index contributed by atoms with van der Waals surface area (Å²) >= 11 is 4.84. The molecule has 0 aliphatic rings. The number of thioether (sulfide) groups is 1. The van der Waals surface area contributed by atoms with Crippen LogP contribution in [-0.2, 0) is 4.79 Å². The van der Waals surface area contributed by atoms with Crippen molar-refractivity contribution in [1.82, 2.24) is 14.8 Å². The van der Waals surface area contributed by atoms with Gasteiger partial charge in [-0.2, -0.15) is 0 Å². The molecular weight excluding hydrogens is 472 g/mol. The Morgan fingerprint density at radius 3 is 2.45 bits per heavy atom. The Labute approximate surface area is 194 Å². The molecule has 0 unspecified atom stereocenters. The lowest BCUT2D eigenvalue weighted by atomic mass is 10.1. The van der Waals surface area contributed by atoms with Gasteiger partial charge in [-0.3, -0.25) is 9.36 Å². The van der Waals surface area contributed by atoms with Crippen LogP contribution in [0.3, 0.4) is 0 Å². The van der Waals surface area contributed by atoms with Gasteiger partial charge in [-0.1, -0.05) is 70.2 Å². The normalized spacial score (nSPS) is 10.8. The molecule has 0 saturated heterocycles. The fourth-order valence-electron chi connectivity index (χ4n) is 3.16. The van der Waals surface area contributed by atoms with Crippen LogP contribution in [0.1, 0.15) is 11.1 Å². The molecule has 4 rings (SSSR count). The lowest BCUT2D eigenvalue weighted by Gasteiger charge is -2.12. The lowest BCUT2D eigenvalue weighted by molar-refractivity contribution is -0.113. The minimum atomic E-state index is -0.0773. The average Bonchev–Trinajstić information content (AvgIpc) is 3.20. The monoisotopic (exact) mass is 492 g/mol. The van der Waals surface area contributed by atoms with Crippen molar-refractivity contribution in [2.45, 2.75) is 19.0 Å². The largest absolute Gasteiger partial charge is 0.325 e. The van der Waals surface area contributed by atoms with Gasteiger partial charge in [-0.05, 0) is 55.3 Å². The Balaban J connectivity index is 1.59. The van der Waals surface area contributed by atoms with E-state index < -0.39 is 0 Å². The van der Waals surface area contributed by atoms with Gasteiger partial charge in [0.15, 0.2) is 11.0 Å². The highest BCUT2D eigenvalue weighted by Crippen LogP contribution is 2.29. The van der Waals surface area contributed by atoms with Crippen molar-refractivity contribution in [2.75, 3.05) is 11.1 Å². The molecule has 156 valence electrons. The molecule has 3 aromatic carbocycles. The highest BCUT2D eigenvalue weighted by molar-refractivity contribution is 9.10. The van der Waals surface area contributed by atoms with E-state index in [1.807, 2.05) is 91.2 Å². The summed E-state index contributed by atoms with van der Waals surface area (Å²) in [4.78, 5) is 12.6. The van der Waals surface area contributed by atoms with Gasteiger partial charge in [0.1, 0.15) is 0 Å². The Morgan fingerprint density at radius 2 is 1.71 bits per heavy atom. The number of nitrogens with zero attached hydrogens (tertiary/aromatic N) is 3. The van der Waals surface area contributed by atoms with Gasteiger partial charge in [0.05, 0.1) is 5.75 Å². The molecule has 7 heteroatoms. The molecule has 4 aromatic rings. The van der Waals surface area contributed by atoms with Crippen LogP contribution in [0.25, 0.3) is 17.1 Å². The van der Waals surface area contributed by atoms with Crippen molar-refractivity contribution in [3.05, 3.63) is 88.4 Å². The molecule has 0 spiro atoms. The zero-order valence-electron chi connectivity index (χ0n) is 17.2. The number of hydrogen-bond donors (Lipinski definition) is 1. The highest BCUT2D eigenvalue weighted by atomic mass is 79.9. The van der Waals surface area contributed by atoms with Gasteiger partial charge in [0, 0.05) is 21.4 Å². The molecule has 0 fully saturated rings. The van der Waals surface area contributed by atoms with Crippen LogP contribution >= 0.6 is 27.7 Å². The van der Waals surface area contributed by atoms with Crippen LogP contribution in [0.4, 0.5) is 5.69 Å². The van der Waals surface area contributed by atoms with E-state index in [0.29, 0.717) is 5.16 Å². The van der Waals surface area contributed by atoms with Gasteiger partial charge in [-0.15, -0.1) is 10.2 Å². The van der Waals surface area contributed by atoms with E-state index in [0.717, 1.165) is 38.4 Å². The average molecular weight is 493 g/mol. The number of benzene rings is 3. The van der Waals surface area contributed by atoms with Crippen molar-refractivity contribution in [1.29, 1.82) is 0 Å².